The lowest BCUT2D eigenvalue weighted by atomic mass is 10.4. The first-order chi connectivity index (χ1) is 4.41. The van der Waals surface area contributed by atoms with Crippen LogP contribution in [0.2, 0.25) is 0 Å². The molecule has 2 nitrogen and oxygen atoms in total. The van der Waals surface area contributed by atoms with Crippen molar-refractivity contribution in [3.63, 3.8) is 0 Å². The molecule has 0 rings (SSSR count). The van der Waals surface area contributed by atoms with Crippen LogP contribution in [0.25, 0.3) is 0 Å². The smallest absolute Gasteiger partial charge is 0.0822 e. The van der Waals surface area contributed by atoms with E-state index in [9.17, 15) is 0 Å². The maximum atomic E-state index is 4.76. The van der Waals surface area contributed by atoms with Gasteiger partial charge in [0, 0.05) is 5.33 Å². The zero-order chi connectivity index (χ0) is 6.95. The maximum Gasteiger partial charge on any atom is 0.0822 e. The van der Waals surface area contributed by atoms with Gasteiger partial charge in [0.25, 0.3) is 0 Å². The van der Waals surface area contributed by atoms with Gasteiger partial charge in [0.05, 0.1) is 13.2 Å². The van der Waals surface area contributed by atoms with Gasteiger partial charge >= 0.3 is 0 Å². The van der Waals surface area contributed by atoms with Gasteiger partial charge in [-0.3, -0.25) is 0 Å². The van der Waals surface area contributed by atoms with Crippen molar-refractivity contribution in [2.24, 2.45) is 0 Å². The van der Waals surface area contributed by atoms with Crippen molar-refractivity contribution in [2.45, 2.75) is 19.8 Å². The minimum absolute atomic E-state index is 0.633. The van der Waals surface area contributed by atoms with E-state index in [-0.39, 0.29) is 0 Å². The summed E-state index contributed by atoms with van der Waals surface area (Å²) >= 11 is 3.32. The highest BCUT2D eigenvalue weighted by Gasteiger charge is 1.85. The SMILES string of the molecule is CCOOCCCCBr. The molecule has 0 heterocycles. The molecule has 0 aromatic carbocycles. The van der Waals surface area contributed by atoms with E-state index in [1.165, 1.54) is 0 Å². The molecule has 0 radical (unpaired) electrons. The molecule has 3 heteroatoms. The number of unbranched alkanes of at least 4 members (excludes halogenated alkanes) is 1. The van der Waals surface area contributed by atoms with Crippen molar-refractivity contribution >= 4 is 15.9 Å². The first-order valence-corrected chi connectivity index (χ1v) is 4.34. The second-order valence-corrected chi connectivity index (χ2v) is 2.42. The molecule has 0 aliphatic heterocycles. The molecular weight excluding hydrogens is 184 g/mol. The third-order valence-electron chi connectivity index (χ3n) is 0.812. The molecule has 0 bridgehead atoms. The Bertz CT molecular complexity index is 44.3. The highest BCUT2D eigenvalue weighted by atomic mass is 79.9. The van der Waals surface area contributed by atoms with Crippen LogP contribution >= 0.6 is 15.9 Å². The van der Waals surface area contributed by atoms with Crippen molar-refractivity contribution < 1.29 is 9.78 Å². The van der Waals surface area contributed by atoms with Crippen LogP contribution in [-0.2, 0) is 9.78 Å². The molecule has 0 unspecified atom stereocenters. The Hall–Kier alpha value is 0.400. The average Bonchev–Trinajstić information content (AvgIpc) is 1.89. The third kappa shape index (κ3) is 8.40. The molecule has 0 aliphatic rings. The Kier molecular flexibility index (Phi) is 8.77. The molecule has 0 saturated heterocycles. The van der Waals surface area contributed by atoms with E-state index in [0.29, 0.717) is 13.2 Å². The lowest BCUT2D eigenvalue weighted by Gasteiger charge is -1.98. The predicted octanol–water partition coefficient (Wildman–Crippen LogP) is 2.13. The number of hydrogen-bond donors (Lipinski definition) is 0. The number of halogens is 1. The zero-order valence-corrected chi connectivity index (χ0v) is 7.32. The van der Waals surface area contributed by atoms with Crippen LogP contribution < -0.4 is 0 Å². The van der Waals surface area contributed by atoms with Gasteiger partial charge in [0.2, 0.25) is 0 Å². The molecule has 0 aliphatic carbocycles. The minimum atomic E-state index is 0.633. The van der Waals surface area contributed by atoms with Crippen molar-refractivity contribution in [2.75, 3.05) is 18.5 Å². The molecule has 0 N–H and O–H groups in total. The molecule has 9 heavy (non-hydrogen) atoms. The van der Waals surface area contributed by atoms with E-state index in [1.54, 1.807) is 0 Å². The molecule has 0 aromatic rings. The average molecular weight is 197 g/mol. The van der Waals surface area contributed by atoms with Crippen molar-refractivity contribution in [1.29, 1.82) is 0 Å². The molecule has 0 amide bonds. The van der Waals surface area contributed by atoms with Gasteiger partial charge < -0.3 is 0 Å². The molecule has 56 valence electrons. The van der Waals surface area contributed by atoms with Crippen LogP contribution in [0.4, 0.5) is 0 Å². The van der Waals surface area contributed by atoms with Gasteiger partial charge in [-0.25, -0.2) is 9.78 Å². The third-order valence-corrected chi connectivity index (χ3v) is 1.37. The normalized spacial score (nSPS) is 10.0. The van der Waals surface area contributed by atoms with Crippen LogP contribution in [0.5, 0.6) is 0 Å². The summed E-state index contributed by atoms with van der Waals surface area (Å²) in [6, 6.07) is 0. The van der Waals surface area contributed by atoms with Crippen LogP contribution in [0.15, 0.2) is 0 Å². The second-order valence-electron chi connectivity index (χ2n) is 1.62. The Morgan fingerprint density at radius 1 is 1.22 bits per heavy atom. The highest BCUT2D eigenvalue weighted by molar-refractivity contribution is 9.09. The number of hydrogen-bond acceptors (Lipinski definition) is 2. The minimum Gasteiger partial charge on any atom is -0.237 e. The zero-order valence-electron chi connectivity index (χ0n) is 5.73. The molecule has 0 fully saturated rings. The first-order valence-electron chi connectivity index (χ1n) is 3.22. The monoisotopic (exact) mass is 196 g/mol. The lowest BCUT2D eigenvalue weighted by molar-refractivity contribution is -0.291. The van der Waals surface area contributed by atoms with Crippen LogP contribution in [0.1, 0.15) is 19.8 Å². The van der Waals surface area contributed by atoms with Crippen molar-refractivity contribution in [3.05, 3.63) is 0 Å². The Labute approximate surface area is 64.6 Å². The van der Waals surface area contributed by atoms with Crippen LogP contribution in [0.3, 0.4) is 0 Å². The van der Waals surface area contributed by atoms with E-state index >= 15 is 0 Å². The second kappa shape index (κ2) is 8.40. The summed E-state index contributed by atoms with van der Waals surface area (Å²) in [5.41, 5.74) is 0. The van der Waals surface area contributed by atoms with Crippen LogP contribution in [-0.4, -0.2) is 18.5 Å². The number of rotatable bonds is 6. The molecule has 0 spiro atoms. The lowest BCUT2D eigenvalue weighted by Crippen LogP contribution is -1.95. The summed E-state index contributed by atoms with van der Waals surface area (Å²) in [5.74, 6) is 0. The maximum absolute atomic E-state index is 4.76. The Morgan fingerprint density at radius 2 is 2.00 bits per heavy atom. The fourth-order valence-electron chi connectivity index (χ4n) is 0.398. The summed E-state index contributed by atoms with van der Waals surface area (Å²) in [7, 11) is 0. The van der Waals surface area contributed by atoms with Crippen LogP contribution in [0, 0.1) is 0 Å². The molecule has 0 aromatic heterocycles. The van der Waals surface area contributed by atoms with Gasteiger partial charge in [-0.1, -0.05) is 15.9 Å². The number of alkyl halides is 1. The van der Waals surface area contributed by atoms with E-state index in [4.69, 9.17) is 4.89 Å². The quantitative estimate of drug-likeness (QED) is 0.281. The Balaban J connectivity index is 2.60. The molecule has 0 atom stereocenters. The van der Waals surface area contributed by atoms with Gasteiger partial charge in [-0.05, 0) is 19.8 Å². The van der Waals surface area contributed by atoms with Crippen molar-refractivity contribution in [1.82, 2.24) is 0 Å². The fraction of sp³-hybridized carbons (Fsp3) is 1.00. The van der Waals surface area contributed by atoms with E-state index in [0.717, 1.165) is 18.2 Å². The summed E-state index contributed by atoms with van der Waals surface area (Å²) < 4.78 is 0. The van der Waals surface area contributed by atoms with Gasteiger partial charge in [0.1, 0.15) is 0 Å². The summed E-state index contributed by atoms with van der Waals surface area (Å²) in [6.45, 7) is 3.25. The summed E-state index contributed by atoms with van der Waals surface area (Å²) in [6.07, 6.45) is 2.21. The summed E-state index contributed by atoms with van der Waals surface area (Å²) in [4.78, 5) is 9.43. The Morgan fingerprint density at radius 3 is 2.56 bits per heavy atom. The molecular formula is C6H13BrO2. The predicted molar refractivity (Wildman–Crippen MR) is 40.6 cm³/mol. The molecule has 0 saturated carbocycles. The van der Waals surface area contributed by atoms with Gasteiger partial charge in [0.15, 0.2) is 0 Å². The largest absolute Gasteiger partial charge is 0.237 e. The van der Waals surface area contributed by atoms with Crippen molar-refractivity contribution in [3.8, 4) is 0 Å². The van der Waals surface area contributed by atoms with Gasteiger partial charge in [-0.15, -0.1) is 0 Å². The topological polar surface area (TPSA) is 18.5 Å². The van der Waals surface area contributed by atoms with E-state index < -0.39 is 0 Å². The highest BCUT2D eigenvalue weighted by Crippen LogP contribution is 1.93. The first kappa shape index (κ1) is 9.40. The van der Waals surface area contributed by atoms with Gasteiger partial charge in [-0.2, -0.15) is 0 Å². The fourth-order valence-corrected chi connectivity index (χ4v) is 0.794. The van der Waals surface area contributed by atoms with E-state index in [1.807, 2.05) is 6.92 Å². The summed E-state index contributed by atoms with van der Waals surface area (Å²) in [5, 5.41) is 1.04. The van der Waals surface area contributed by atoms with E-state index in [2.05, 4.69) is 20.8 Å². The standard InChI is InChI=1S/C6H13BrO2/c1-2-8-9-6-4-3-5-7/h2-6H2,1H3.